The van der Waals surface area contributed by atoms with Crippen LogP contribution in [-0.4, -0.2) is 67.7 Å². The highest BCUT2D eigenvalue weighted by Crippen LogP contribution is 2.48. The summed E-state index contributed by atoms with van der Waals surface area (Å²) in [6.07, 6.45) is -16.1. The monoisotopic (exact) mass is 518 g/mol. The minimum absolute atomic E-state index is 0.0000595. The van der Waals surface area contributed by atoms with E-state index in [1.807, 2.05) is 0 Å². The summed E-state index contributed by atoms with van der Waals surface area (Å²) in [5, 5.41) is 2.87. The number of rotatable bonds is 6. The van der Waals surface area contributed by atoms with Crippen LogP contribution < -0.4 is 10.1 Å². The maximum Gasteiger partial charge on any atom is 0.410 e. The number of halogens is 7. The smallest absolute Gasteiger partial charge is 0.410 e. The number of carbonyl (C=O) groups is 2. The Balaban J connectivity index is 2.33. The summed E-state index contributed by atoms with van der Waals surface area (Å²) in [7, 11) is 0. The van der Waals surface area contributed by atoms with Gasteiger partial charge in [-0.25, -0.2) is 14.0 Å². The van der Waals surface area contributed by atoms with Crippen LogP contribution in [-0.2, 0) is 14.3 Å². The van der Waals surface area contributed by atoms with Crippen molar-refractivity contribution in [2.24, 2.45) is 5.92 Å². The molecule has 0 bridgehead atoms. The number of carbonyl (C=O) groups excluding carboxylic acids is 2. The second-order valence-corrected chi connectivity index (χ2v) is 8.67. The second-order valence-electron chi connectivity index (χ2n) is 8.67. The maximum atomic E-state index is 14.5. The first-order valence-electron chi connectivity index (χ1n) is 10.4. The van der Waals surface area contributed by atoms with Crippen molar-refractivity contribution in [3.05, 3.63) is 29.6 Å². The molecular formula is C21H25F7N2O5. The Morgan fingerprint density at radius 2 is 1.60 bits per heavy atom. The molecule has 0 aromatic heterocycles. The lowest BCUT2D eigenvalue weighted by Gasteiger charge is -2.33. The Labute approximate surface area is 196 Å². The number of amides is 1. The molecule has 1 N–H and O–H groups in total. The molecule has 0 radical (unpaired) electrons. The van der Waals surface area contributed by atoms with Crippen molar-refractivity contribution >= 4 is 12.1 Å². The number of hydrogen-bond donors (Lipinski definition) is 1. The number of alkyl halides is 6. The number of hydrogen-bond acceptors (Lipinski definition) is 6. The zero-order chi connectivity index (χ0) is 26.6. The Morgan fingerprint density at radius 3 is 2.09 bits per heavy atom. The van der Waals surface area contributed by atoms with Gasteiger partial charge in [0.25, 0.3) is 0 Å². The SMILES string of the molecule is CC(C)(C)OC(=O)COc1ccc(C(OC(=O)N2CCNCC2)C(C(F)(F)F)C(F)(F)F)cc1F. The zero-order valence-corrected chi connectivity index (χ0v) is 19.1. The normalized spacial score (nSPS) is 16.1. The molecule has 0 aliphatic carbocycles. The highest BCUT2D eigenvalue weighted by molar-refractivity contribution is 5.71. The molecule has 1 amide bonds. The summed E-state index contributed by atoms with van der Waals surface area (Å²) in [6.45, 7) is 4.47. The Bertz CT molecular complexity index is 880. The first-order valence-corrected chi connectivity index (χ1v) is 10.4. The van der Waals surface area contributed by atoms with E-state index in [9.17, 15) is 40.3 Å². The highest BCUT2D eigenvalue weighted by atomic mass is 19.4. The molecule has 1 heterocycles. The Hall–Kier alpha value is -2.77. The van der Waals surface area contributed by atoms with Crippen molar-refractivity contribution < 1.29 is 54.5 Å². The molecule has 1 unspecified atom stereocenters. The van der Waals surface area contributed by atoms with Gasteiger partial charge < -0.3 is 24.4 Å². The molecule has 7 nitrogen and oxygen atoms in total. The predicted octanol–water partition coefficient (Wildman–Crippen LogP) is 4.37. The van der Waals surface area contributed by atoms with Crippen LogP contribution in [0.15, 0.2) is 18.2 Å². The molecule has 0 spiro atoms. The molecule has 0 saturated carbocycles. The average Bonchev–Trinajstić information content (AvgIpc) is 2.69. The first-order chi connectivity index (χ1) is 16.0. The summed E-state index contributed by atoms with van der Waals surface area (Å²) in [5.74, 6) is -6.98. The van der Waals surface area contributed by atoms with Gasteiger partial charge in [0.2, 0.25) is 0 Å². The number of ether oxygens (including phenoxy) is 3. The van der Waals surface area contributed by atoms with Gasteiger partial charge in [-0.15, -0.1) is 0 Å². The zero-order valence-electron chi connectivity index (χ0n) is 19.1. The minimum atomic E-state index is -5.87. The number of nitrogens with zero attached hydrogens (tertiary/aromatic N) is 1. The van der Waals surface area contributed by atoms with Gasteiger partial charge in [-0.1, -0.05) is 6.07 Å². The molecule has 1 fully saturated rings. The van der Waals surface area contributed by atoms with Crippen LogP contribution >= 0.6 is 0 Å². The van der Waals surface area contributed by atoms with E-state index < -0.39 is 65.8 Å². The molecule has 198 valence electrons. The van der Waals surface area contributed by atoms with Crippen LogP contribution in [0.3, 0.4) is 0 Å². The van der Waals surface area contributed by atoms with Gasteiger partial charge >= 0.3 is 24.4 Å². The van der Waals surface area contributed by atoms with Gasteiger partial charge in [-0.3, -0.25) is 0 Å². The van der Waals surface area contributed by atoms with E-state index >= 15 is 0 Å². The summed E-state index contributed by atoms with van der Waals surface area (Å²) >= 11 is 0. The fourth-order valence-corrected chi connectivity index (χ4v) is 3.21. The third-order valence-corrected chi connectivity index (χ3v) is 4.66. The standard InChI is InChI=1S/C21H25F7N2O5/c1-19(2,3)35-15(31)11-33-14-5-4-12(10-13(14)22)16(17(20(23,24)25)21(26,27)28)34-18(32)30-8-6-29-7-9-30/h4-5,10,16-17,29H,6-9,11H2,1-3H3. The Kier molecular flexibility index (Phi) is 8.84. The average molecular weight is 518 g/mol. The lowest BCUT2D eigenvalue weighted by Crippen LogP contribution is -2.48. The van der Waals surface area contributed by atoms with Gasteiger partial charge in [0.05, 0.1) is 0 Å². The summed E-state index contributed by atoms with van der Waals surface area (Å²) in [5.41, 5.74) is -1.76. The van der Waals surface area contributed by atoms with Gasteiger partial charge in [-0.2, -0.15) is 26.3 Å². The second kappa shape index (κ2) is 10.9. The van der Waals surface area contributed by atoms with Crippen LogP contribution in [0.5, 0.6) is 5.75 Å². The summed E-state index contributed by atoms with van der Waals surface area (Å²) in [4.78, 5) is 25.0. The van der Waals surface area contributed by atoms with Gasteiger partial charge in [0.1, 0.15) is 11.7 Å². The van der Waals surface area contributed by atoms with Crippen LogP contribution in [0.1, 0.15) is 32.4 Å². The highest BCUT2D eigenvalue weighted by Gasteiger charge is 2.62. The van der Waals surface area contributed by atoms with Crippen molar-refractivity contribution in [2.75, 3.05) is 32.8 Å². The summed E-state index contributed by atoms with van der Waals surface area (Å²) in [6, 6.07) is 1.78. The first kappa shape index (κ1) is 28.5. The van der Waals surface area contributed by atoms with Crippen LogP contribution in [0.2, 0.25) is 0 Å². The largest absolute Gasteiger partial charge is 0.479 e. The van der Waals surface area contributed by atoms with E-state index in [1.54, 1.807) is 20.8 Å². The molecule has 1 aliphatic rings. The van der Waals surface area contributed by atoms with E-state index in [0.29, 0.717) is 12.1 Å². The number of piperazine rings is 1. The predicted molar refractivity (Wildman–Crippen MR) is 107 cm³/mol. The molecule has 35 heavy (non-hydrogen) atoms. The quantitative estimate of drug-likeness (QED) is 0.445. The molecule has 2 rings (SSSR count). The number of benzene rings is 1. The van der Waals surface area contributed by atoms with Crippen LogP contribution in [0, 0.1) is 11.7 Å². The molecule has 1 atom stereocenters. The van der Waals surface area contributed by atoms with Crippen molar-refractivity contribution in [1.29, 1.82) is 0 Å². The number of esters is 1. The van der Waals surface area contributed by atoms with Gasteiger partial charge in [0.15, 0.2) is 24.1 Å². The topological polar surface area (TPSA) is 77.1 Å². The third kappa shape index (κ3) is 8.44. The van der Waals surface area contributed by atoms with E-state index in [1.165, 1.54) is 0 Å². The van der Waals surface area contributed by atoms with Crippen molar-refractivity contribution in [1.82, 2.24) is 10.2 Å². The van der Waals surface area contributed by atoms with Crippen LogP contribution in [0.4, 0.5) is 35.5 Å². The molecular weight excluding hydrogens is 493 g/mol. The van der Waals surface area contributed by atoms with E-state index in [2.05, 4.69) is 10.1 Å². The molecule has 1 saturated heterocycles. The fraction of sp³-hybridized carbons (Fsp3) is 0.619. The number of nitrogens with one attached hydrogen (secondary N) is 1. The lowest BCUT2D eigenvalue weighted by atomic mass is 9.94. The lowest BCUT2D eigenvalue weighted by molar-refractivity contribution is -0.307. The molecule has 1 aromatic carbocycles. The van der Waals surface area contributed by atoms with Crippen molar-refractivity contribution in [3.8, 4) is 5.75 Å². The third-order valence-electron chi connectivity index (χ3n) is 4.66. The molecule has 14 heteroatoms. The van der Waals surface area contributed by atoms with Crippen molar-refractivity contribution in [2.45, 2.75) is 44.8 Å². The van der Waals surface area contributed by atoms with E-state index in [4.69, 9.17) is 9.47 Å². The van der Waals surface area contributed by atoms with Crippen molar-refractivity contribution in [3.63, 3.8) is 0 Å². The van der Waals surface area contributed by atoms with Crippen LogP contribution in [0.25, 0.3) is 0 Å². The fourth-order valence-electron chi connectivity index (χ4n) is 3.21. The van der Waals surface area contributed by atoms with Gasteiger partial charge in [0, 0.05) is 26.2 Å². The van der Waals surface area contributed by atoms with Gasteiger partial charge in [-0.05, 0) is 38.5 Å². The van der Waals surface area contributed by atoms with E-state index in [0.717, 1.165) is 11.0 Å². The molecule has 1 aliphatic heterocycles. The molecule has 1 aromatic rings. The van der Waals surface area contributed by atoms with E-state index in [-0.39, 0.29) is 26.2 Å². The minimum Gasteiger partial charge on any atom is -0.479 e. The Morgan fingerprint density at radius 1 is 1.03 bits per heavy atom. The maximum absolute atomic E-state index is 14.5. The summed E-state index contributed by atoms with van der Waals surface area (Å²) < 4.78 is 110.